The van der Waals surface area contributed by atoms with Gasteiger partial charge in [0, 0.05) is 11.1 Å². The van der Waals surface area contributed by atoms with Gasteiger partial charge in [-0.3, -0.25) is 0 Å². The summed E-state index contributed by atoms with van der Waals surface area (Å²) in [5, 5.41) is 8.35. The number of anilines is 1. The first kappa shape index (κ1) is 18.9. The van der Waals surface area contributed by atoms with Crippen molar-refractivity contribution in [2.24, 2.45) is 0 Å². The smallest absolute Gasteiger partial charge is 0.182 e. The third-order valence-electron chi connectivity index (χ3n) is 4.78. The molecule has 2 N–H and O–H groups in total. The van der Waals surface area contributed by atoms with Crippen molar-refractivity contribution in [2.75, 3.05) is 5.32 Å². The van der Waals surface area contributed by atoms with Gasteiger partial charge >= 0.3 is 0 Å². The summed E-state index contributed by atoms with van der Waals surface area (Å²) in [4.78, 5) is 20.3. The fraction of sp³-hybridized carbons (Fsp3) is 0.150. The highest BCUT2D eigenvalue weighted by Crippen LogP contribution is 2.30. The maximum absolute atomic E-state index is 4.88. The molecule has 4 heterocycles. The molecule has 0 aliphatic heterocycles. The number of benzene rings is 1. The van der Waals surface area contributed by atoms with Crippen LogP contribution in [0, 0.1) is 6.92 Å². The SMILES string of the molecule is Cc1cnc2cc([C@H](C)Nc3ncnc4nc[nH]c34)c(-c3ccccc3)nn12.S. The number of fused-ring (bicyclic) bond motifs is 2. The Morgan fingerprint density at radius 3 is 2.72 bits per heavy atom. The van der Waals surface area contributed by atoms with Crippen molar-refractivity contribution in [3.8, 4) is 11.3 Å². The van der Waals surface area contributed by atoms with Crippen molar-refractivity contribution >= 4 is 36.1 Å². The molecular formula is C20H20N8S. The Bertz CT molecular complexity index is 1280. The summed E-state index contributed by atoms with van der Waals surface area (Å²) in [5.74, 6) is 0.702. The third kappa shape index (κ3) is 3.29. The molecule has 0 amide bonds. The molecule has 29 heavy (non-hydrogen) atoms. The summed E-state index contributed by atoms with van der Waals surface area (Å²) >= 11 is 0. The summed E-state index contributed by atoms with van der Waals surface area (Å²) in [7, 11) is 0. The van der Waals surface area contributed by atoms with Crippen molar-refractivity contribution in [3.63, 3.8) is 0 Å². The van der Waals surface area contributed by atoms with Crippen LogP contribution < -0.4 is 5.32 Å². The zero-order valence-corrected chi connectivity index (χ0v) is 17.0. The molecule has 146 valence electrons. The predicted octanol–water partition coefficient (Wildman–Crippen LogP) is 3.66. The molecule has 5 rings (SSSR count). The minimum Gasteiger partial charge on any atom is -0.362 e. The topological polar surface area (TPSA) is 96.7 Å². The Hall–Kier alpha value is -3.46. The summed E-state index contributed by atoms with van der Waals surface area (Å²) in [6, 6.07) is 12.2. The minimum absolute atomic E-state index is 0. The normalized spacial score (nSPS) is 12.1. The Morgan fingerprint density at radius 2 is 1.90 bits per heavy atom. The van der Waals surface area contributed by atoms with E-state index < -0.39 is 0 Å². The zero-order chi connectivity index (χ0) is 19.1. The van der Waals surface area contributed by atoms with E-state index in [1.165, 1.54) is 6.33 Å². The van der Waals surface area contributed by atoms with Gasteiger partial charge in [0.25, 0.3) is 0 Å². The Kier molecular flexibility index (Phi) is 4.89. The predicted molar refractivity (Wildman–Crippen MR) is 117 cm³/mol. The quantitative estimate of drug-likeness (QED) is 0.475. The average Bonchev–Trinajstić information content (AvgIpc) is 3.35. The number of hydrogen-bond acceptors (Lipinski definition) is 6. The highest BCUT2D eigenvalue weighted by molar-refractivity contribution is 7.59. The van der Waals surface area contributed by atoms with Gasteiger partial charge in [-0.05, 0) is 19.9 Å². The number of imidazole rings is 2. The molecule has 0 radical (unpaired) electrons. The molecule has 1 aromatic carbocycles. The molecule has 5 aromatic rings. The number of H-pyrrole nitrogens is 1. The van der Waals surface area contributed by atoms with Crippen molar-refractivity contribution in [1.29, 1.82) is 0 Å². The van der Waals surface area contributed by atoms with Crippen molar-refractivity contribution < 1.29 is 0 Å². The lowest BCUT2D eigenvalue weighted by Gasteiger charge is -2.18. The average molecular weight is 405 g/mol. The largest absolute Gasteiger partial charge is 0.362 e. The molecule has 0 saturated heterocycles. The van der Waals surface area contributed by atoms with E-state index in [9.17, 15) is 0 Å². The van der Waals surface area contributed by atoms with E-state index in [-0.39, 0.29) is 19.5 Å². The fourth-order valence-corrected chi connectivity index (χ4v) is 3.35. The van der Waals surface area contributed by atoms with Gasteiger partial charge in [0.2, 0.25) is 0 Å². The van der Waals surface area contributed by atoms with E-state index in [0.29, 0.717) is 11.5 Å². The van der Waals surface area contributed by atoms with Gasteiger partial charge in [-0.1, -0.05) is 30.3 Å². The molecule has 4 aromatic heterocycles. The Labute approximate surface area is 173 Å². The zero-order valence-electron chi connectivity index (χ0n) is 16.0. The van der Waals surface area contributed by atoms with Gasteiger partial charge in [-0.2, -0.15) is 18.6 Å². The highest BCUT2D eigenvalue weighted by atomic mass is 32.1. The van der Waals surface area contributed by atoms with Gasteiger partial charge in [-0.25, -0.2) is 24.5 Å². The summed E-state index contributed by atoms with van der Waals surface area (Å²) in [6.45, 7) is 4.08. The maximum Gasteiger partial charge on any atom is 0.182 e. The van der Waals surface area contributed by atoms with Gasteiger partial charge in [0.1, 0.15) is 11.8 Å². The number of nitrogens with zero attached hydrogens (tertiary/aromatic N) is 6. The Morgan fingerprint density at radius 1 is 1.07 bits per heavy atom. The number of aromatic nitrogens is 7. The van der Waals surface area contributed by atoms with E-state index in [0.717, 1.165) is 33.7 Å². The van der Waals surface area contributed by atoms with Crippen LogP contribution in [0.2, 0.25) is 0 Å². The molecule has 8 nitrogen and oxygen atoms in total. The van der Waals surface area contributed by atoms with E-state index >= 15 is 0 Å². The lowest BCUT2D eigenvalue weighted by molar-refractivity contribution is 0.833. The molecule has 0 fully saturated rings. The number of rotatable bonds is 4. The van der Waals surface area contributed by atoms with Crippen LogP contribution in [-0.2, 0) is 0 Å². The molecular weight excluding hydrogens is 384 g/mol. The van der Waals surface area contributed by atoms with Crippen molar-refractivity contribution in [2.45, 2.75) is 19.9 Å². The van der Waals surface area contributed by atoms with Crippen LogP contribution in [0.3, 0.4) is 0 Å². The van der Waals surface area contributed by atoms with Crippen molar-refractivity contribution in [1.82, 2.24) is 34.5 Å². The summed E-state index contributed by atoms with van der Waals surface area (Å²) < 4.78 is 1.87. The van der Waals surface area contributed by atoms with Crippen LogP contribution in [0.15, 0.2) is 55.2 Å². The van der Waals surface area contributed by atoms with Crippen LogP contribution in [-0.4, -0.2) is 34.5 Å². The van der Waals surface area contributed by atoms with Crippen LogP contribution in [0.25, 0.3) is 28.1 Å². The van der Waals surface area contributed by atoms with E-state index in [2.05, 4.69) is 55.4 Å². The number of aryl methyl sites for hydroxylation is 1. The molecule has 1 atom stereocenters. The van der Waals surface area contributed by atoms with Crippen LogP contribution in [0.1, 0.15) is 24.2 Å². The first-order valence-electron chi connectivity index (χ1n) is 9.02. The molecule has 0 bridgehead atoms. The third-order valence-corrected chi connectivity index (χ3v) is 4.78. The van der Waals surface area contributed by atoms with Crippen LogP contribution in [0.5, 0.6) is 0 Å². The Balaban J connectivity index is 0.00000205. The second kappa shape index (κ2) is 7.51. The minimum atomic E-state index is -0.0638. The second-order valence-electron chi connectivity index (χ2n) is 6.67. The molecule has 0 saturated carbocycles. The van der Waals surface area contributed by atoms with E-state index in [4.69, 9.17) is 5.10 Å². The molecule has 0 unspecified atom stereocenters. The molecule has 0 aliphatic rings. The van der Waals surface area contributed by atoms with Crippen LogP contribution in [0.4, 0.5) is 5.82 Å². The van der Waals surface area contributed by atoms with Gasteiger partial charge in [0.15, 0.2) is 17.1 Å². The van der Waals surface area contributed by atoms with Gasteiger partial charge in [0.05, 0.1) is 30.0 Å². The number of aromatic amines is 1. The summed E-state index contributed by atoms with van der Waals surface area (Å²) in [6.07, 6.45) is 4.96. The maximum atomic E-state index is 4.88. The lowest BCUT2D eigenvalue weighted by atomic mass is 10.0. The second-order valence-corrected chi connectivity index (χ2v) is 6.67. The monoisotopic (exact) mass is 404 g/mol. The molecule has 0 spiro atoms. The lowest BCUT2D eigenvalue weighted by Crippen LogP contribution is -2.12. The highest BCUT2D eigenvalue weighted by Gasteiger charge is 2.18. The molecule has 0 aliphatic carbocycles. The first-order chi connectivity index (χ1) is 13.7. The van der Waals surface area contributed by atoms with Gasteiger partial charge in [-0.15, -0.1) is 0 Å². The first-order valence-corrected chi connectivity index (χ1v) is 9.02. The molecule has 9 heteroatoms. The van der Waals surface area contributed by atoms with E-state index in [1.807, 2.05) is 35.8 Å². The number of nitrogens with one attached hydrogen (secondary N) is 2. The fourth-order valence-electron chi connectivity index (χ4n) is 3.35. The van der Waals surface area contributed by atoms with E-state index in [1.54, 1.807) is 6.33 Å². The number of hydrogen-bond donors (Lipinski definition) is 2. The van der Waals surface area contributed by atoms with Gasteiger partial charge < -0.3 is 10.3 Å². The standard InChI is InChI=1S/C20H18N8.H2S/c1-12-9-21-16-8-15(17(27-28(12)16)14-6-4-3-5-7-14)13(2)26-20-18-19(23-10-22-18)24-11-25-20;/h3-11,13H,1-2H3,(H2,22,23,24,25,26);1H2/t13-;/m0./s1. The van der Waals surface area contributed by atoms with Crippen LogP contribution >= 0.6 is 13.5 Å². The summed E-state index contributed by atoms with van der Waals surface area (Å²) in [5.41, 5.74) is 6.21. The van der Waals surface area contributed by atoms with Crippen molar-refractivity contribution in [3.05, 3.63) is 66.5 Å².